The predicted octanol–water partition coefficient (Wildman–Crippen LogP) is -3.26. The lowest BCUT2D eigenvalue weighted by molar-refractivity contribution is -0.143. The molecule has 0 aliphatic carbocycles. The molecule has 0 aromatic heterocycles. The Balaban J connectivity index is 5.02. The summed E-state index contributed by atoms with van der Waals surface area (Å²) in [5.41, 5.74) is 16.1. The minimum atomic E-state index is -1.51. The monoisotopic (exact) mass is 460 g/mol. The standard InChI is InChI=1S/C18H32N6O8/c1-9(15(28)23-11(18(31)32)5-6-13(21)25)22-17(30)12(8-14(26)27)24-16(29)10(20)4-2-3-7-19/h9-12H,2-8,19-20H2,1H3,(H2,21,25)(H,22,30)(H,23,28)(H,24,29)(H,26,27)(H,31,32). The maximum absolute atomic E-state index is 12.4. The van der Waals surface area contributed by atoms with Crippen LogP contribution in [0.25, 0.3) is 0 Å². The van der Waals surface area contributed by atoms with E-state index in [1.807, 2.05) is 0 Å². The van der Waals surface area contributed by atoms with Crippen LogP contribution < -0.4 is 33.2 Å². The molecule has 32 heavy (non-hydrogen) atoms. The number of rotatable bonds is 16. The van der Waals surface area contributed by atoms with Crippen molar-refractivity contribution in [3.8, 4) is 0 Å². The minimum Gasteiger partial charge on any atom is -0.481 e. The molecule has 0 rings (SSSR count). The van der Waals surface area contributed by atoms with Crippen LogP contribution in [0.5, 0.6) is 0 Å². The summed E-state index contributed by atoms with van der Waals surface area (Å²) in [6, 6.07) is -5.19. The number of carboxylic acid groups (broad SMARTS) is 2. The van der Waals surface area contributed by atoms with E-state index < -0.39 is 66.2 Å². The Morgan fingerprint density at radius 1 is 0.844 bits per heavy atom. The maximum Gasteiger partial charge on any atom is 0.326 e. The molecule has 0 aromatic rings. The van der Waals surface area contributed by atoms with Gasteiger partial charge in [0.25, 0.3) is 0 Å². The highest BCUT2D eigenvalue weighted by Crippen LogP contribution is 2.02. The fourth-order valence-corrected chi connectivity index (χ4v) is 2.52. The highest BCUT2D eigenvalue weighted by Gasteiger charge is 2.29. The first-order valence-electron chi connectivity index (χ1n) is 9.98. The zero-order valence-electron chi connectivity index (χ0n) is 17.8. The maximum atomic E-state index is 12.4. The van der Waals surface area contributed by atoms with Crippen LogP contribution >= 0.6 is 0 Å². The topological polar surface area (TPSA) is 257 Å². The molecule has 182 valence electrons. The summed E-state index contributed by atoms with van der Waals surface area (Å²) in [5.74, 6) is -6.14. The quantitative estimate of drug-likeness (QED) is 0.107. The molecule has 0 heterocycles. The van der Waals surface area contributed by atoms with Gasteiger partial charge in [-0.25, -0.2) is 4.79 Å². The number of nitrogens with two attached hydrogens (primary N) is 3. The van der Waals surface area contributed by atoms with Crippen molar-refractivity contribution in [2.75, 3.05) is 6.54 Å². The van der Waals surface area contributed by atoms with Crippen LogP contribution in [0.2, 0.25) is 0 Å². The lowest BCUT2D eigenvalue weighted by Crippen LogP contribution is -2.56. The lowest BCUT2D eigenvalue weighted by Gasteiger charge is -2.22. The van der Waals surface area contributed by atoms with Crippen molar-refractivity contribution in [1.29, 1.82) is 0 Å². The van der Waals surface area contributed by atoms with Gasteiger partial charge in [0.1, 0.15) is 18.1 Å². The third-order valence-electron chi connectivity index (χ3n) is 4.36. The molecule has 0 radical (unpaired) electrons. The van der Waals surface area contributed by atoms with Crippen molar-refractivity contribution < 1.29 is 39.0 Å². The van der Waals surface area contributed by atoms with Crippen LogP contribution in [0, 0.1) is 0 Å². The molecule has 0 aromatic carbocycles. The second-order valence-electron chi connectivity index (χ2n) is 7.18. The number of unbranched alkanes of at least 4 members (excludes halogenated alkanes) is 1. The molecular formula is C18H32N6O8. The van der Waals surface area contributed by atoms with E-state index in [1.165, 1.54) is 6.92 Å². The Hall–Kier alpha value is -3.26. The molecule has 0 saturated carbocycles. The molecule has 0 bridgehead atoms. The second kappa shape index (κ2) is 14.7. The van der Waals surface area contributed by atoms with Crippen molar-refractivity contribution >= 4 is 35.6 Å². The van der Waals surface area contributed by atoms with Crippen LogP contribution in [-0.4, -0.2) is 76.5 Å². The van der Waals surface area contributed by atoms with Crippen LogP contribution in [0.4, 0.5) is 0 Å². The zero-order valence-corrected chi connectivity index (χ0v) is 17.8. The zero-order chi connectivity index (χ0) is 24.8. The summed E-state index contributed by atoms with van der Waals surface area (Å²) in [5, 5.41) is 24.8. The first kappa shape index (κ1) is 28.7. The summed E-state index contributed by atoms with van der Waals surface area (Å²) in [7, 11) is 0. The summed E-state index contributed by atoms with van der Waals surface area (Å²) >= 11 is 0. The highest BCUT2D eigenvalue weighted by atomic mass is 16.4. The Morgan fingerprint density at radius 3 is 1.94 bits per heavy atom. The largest absolute Gasteiger partial charge is 0.481 e. The number of carboxylic acids is 2. The Labute approximate surface area is 184 Å². The number of carbonyl (C=O) groups is 6. The summed E-state index contributed by atoms with van der Waals surface area (Å²) in [4.78, 5) is 70.0. The molecule has 4 amide bonds. The number of nitrogens with one attached hydrogen (secondary N) is 3. The van der Waals surface area contributed by atoms with Crippen LogP contribution in [0.15, 0.2) is 0 Å². The molecule has 14 heteroatoms. The molecule has 0 fully saturated rings. The van der Waals surface area contributed by atoms with Gasteiger partial charge in [-0.05, 0) is 32.7 Å². The van der Waals surface area contributed by atoms with Crippen molar-refractivity contribution in [3.63, 3.8) is 0 Å². The van der Waals surface area contributed by atoms with Crippen molar-refractivity contribution in [3.05, 3.63) is 0 Å². The first-order chi connectivity index (χ1) is 14.9. The number of carbonyl (C=O) groups excluding carboxylic acids is 4. The Kier molecular flexibility index (Phi) is 13.2. The Morgan fingerprint density at radius 2 is 1.44 bits per heavy atom. The van der Waals surface area contributed by atoms with Crippen molar-refractivity contribution in [2.24, 2.45) is 17.2 Å². The summed E-state index contributed by atoms with van der Waals surface area (Å²) in [6.45, 7) is 1.65. The summed E-state index contributed by atoms with van der Waals surface area (Å²) < 4.78 is 0. The number of aliphatic carboxylic acids is 2. The van der Waals surface area contributed by atoms with E-state index in [-0.39, 0.29) is 19.3 Å². The third-order valence-corrected chi connectivity index (χ3v) is 4.36. The van der Waals surface area contributed by atoms with Crippen LogP contribution in [-0.2, 0) is 28.8 Å². The molecule has 0 aliphatic rings. The normalized spacial score (nSPS) is 14.3. The van der Waals surface area contributed by atoms with Crippen molar-refractivity contribution in [2.45, 2.75) is 69.6 Å². The van der Waals surface area contributed by atoms with Gasteiger partial charge in [0.15, 0.2) is 0 Å². The highest BCUT2D eigenvalue weighted by molar-refractivity contribution is 5.95. The van der Waals surface area contributed by atoms with Gasteiger partial charge in [0, 0.05) is 6.42 Å². The van der Waals surface area contributed by atoms with E-state index >= 15 is 0 Å². The van der Waals surface area contributed by atoms with Gasteiger partial charge in [-0.1, -0.05) is 6.42 Å². The van der Waals surface area contributed by atoms with E-state index in [0.717, 1.165) is 0 Å². The molecular weight excluding hydrogens is 428 g/mol. The average molecular weight is 460 g/mol. The molecule has 4 unspecified atom stereocenters. The average Bonchev–Trinajstić information content (AvgIpc) is 2.69. The summed E-state index contributed by atoms with van der Waals surface area (Å²) in [6.07, 6.45) is 0.192. The van der Waals surface area contributed by atoms with Crippen molar-refractivity contribution in [1.82, 2.24) is 16.0 Å². The van der Waals surface area contributed by atoms with Gasteiger partial charge >= 0.3 is 11.9 Å². The number of hydrogen-bond acceptors (Lipinski definition) is 8. The van der Waals surface area contributed by atoms with Gasteiger partial charge in [-0.2, -0.15) is 0 Å². The molecule has 11 N–H and O–H groups in total. The third kappa shape index (κ3) is 11.8. The van der Waals surface area contributed by atoms with Gasteiger partial charge in [0.2, 0.25) is 23.6 Å². The first-order valence-corrected chi connectivity index (χ1v) is 9.98. The molecule has 0 aliphatic heterocycles. The van der Waals surface area contributed by atoms with Crippen LogP contribution in [0.1, 0.15) is 45.4 Å². The van der Waals surface area contributed by atoms with Gasteiger partial charge < -0.3 is 43.4 Å². The molecule has 0 saturated heterocycles. The van der Waals surface area contributed by atoms with Gasteiger partial charge in [-0.15, -0.1) is 0 Å². The lowest BCUT2D eigenvalue weighted by atomic mass is 10.1. The fourth-order valence-electron chi connectivity index (χ4n) is 2.52. The minimum absolute atomic E-state index is 0.253. The van der Waals surface area contributed by atoms with Crippen LogP contribution in [0.3, 0.4) is 0 Å². The smallest absolute Gasteiger partial charge is 0.326 e. The number of primary amides is 1. The SMILES string of the molecule is CC(NC(=O)C(CC(=O)O)NC(=O)C(N)CCCCN)C(=O)NC(CCC(N)=O)C(=O)O. The molecule has 14 nitrogen and oxygen atoms in total. The molecule has 0 spiro atoms. The number of amides is 4. The van der Waals surface area contributed by atoms with E-state index in [2.05, 4.69) is 16.0 Å². The van der Waals surface area contributed by atoms with E-state index in [9.17, 15) is 28.8 Å². The predicted molar refractivity (Wildman–Crippen MR) is 111 cm³/mol. The van der Waals surface area contributed by atoms with E-state index in [1.54, 1.807) is 0 Å². The van der Waals surface area contributed by atoms with Gasteiger partial charge in [-0.3, -0.25) is 24.0 Å². The van der Waals surface area contributed by atoms with E-state index in [4.69, 9.17) is 27.4 Å². The van der Waals surface area contributed by atoms with E-state index in [0.29, 0.717) is 19.4 Å². The fraction of sp³-hybridized carbons (Fsp3) is 0.667. The molecule has 4 atom stereocenters. The number of hydrogen-bond donors (Lipinski definition) is 8. The Bertz CT molecular complexity index is 701. The second-order valence-corrected chi connectivity index (χ2v) is 7.18. The van der Waals surface area contributed by atoms with Gasteiger partial charge in [0.05, 0.1) is 12.5 Å².